The van der Waals surface area contributed by atoms with E-state index in [0.29, 0.717) is 0 Å². The maximum absolute atomic E-state index is 4.77. The van der Waals surface area contributed by atoms with Crippen molar-refractivity contribution in [1.82, 2.24) is 14.9 Å². The number of hydrogen-bond donors (Lipinski definition) is 1. The molecule has 2 aromatic carbocycles. The highest BCUT2D eigenvalue weighted by molar-refractivity contribution is 5.64. The third-order valence-corrected chi connectivity index (χ3v) is 5.51. The minimum atomic E-state index is 0.797. The molecule has 1 N–H and O–H groups in total. The summed E-state index contributed by atoms with van der Waals surface area (Å²) in [5.74, 6) is 1.64. The molecule has 0 spiro atoms. The number of anilines is 3. The molecule has 0 bridgehead atoms. The minimum Gasteiger partial charge on any atom is -0.340 e. The van der Waals surface area contributed by atoms with Crippen molar-refractivity contribution in [2.75, 3.05) is 42.9 Å². The first kappa shape index (κ1) is 20.1. The van der Waals surface area contributed by atoms with E-state index >= 15 is 0 Å². The van der Waals surface area contributed by atoms with Crippen molar-refractivity contribution in [2.45, 2.75) is 13.8 Å². The van der Waals surface area contributed by atoms with Crippen LogP contribution in [-0.2, 0) is 0 Å². The Hall–Kier alpha value is -3.18. The summed E-state index contributed by atoms with van der Waals surface area (Å²) in [6.07, 6.45) is 6.28. The normalized spacial score (nSPS) is 14.9. The molecule has 5 nitrogen and oxygen atoms in total. The fourth-order valence-corrected chi connectivity index (χ4v) is 3.74. The Bertz CT molecular complexity index is 971. The Morgan fingerprint density at radius 3 is 2.37 bits per heavy atom. The minimum absolute atomic E-state index is 0.797. The molecule has 1 aromatic heterocycles. The zero-order valence-electron chi connectivity index (χ0n) is 17.8. The molecular weight excluding hydrogens is 370 g/mol. The van der Waals surface area contributed by atoms with Crippen molar-refractivity contribution in [3.05, 3.63) is 83.6 Å². The second kappa shape index (κ2) is 9.55. The third-order valence-electron chi connectivity index (χ3n) is 5.51. The molecule has 1 saturated heterocycles. The van der Waals surface area contributed by atoms with E-state index in [9.17, 15) is 0 Å². The van der Waals surface area contributed by atoms with Gasteiger partial charge in [0.1, 0.15) is 5.82 Å². The molecule has 0 unspecified atom stereocenters. The number of piperazine rings is 1. The Morgan fingerprint density at radius 1 is 0.900 bits per heavy atom. The van der Waals surface area contributed by atoms with Gasteiger partial charge >= 0.3 is 0 Å². The predicted octanol–water partition coefficient (Wildman–Crippen LogP) is 4.67. The van der Waals surface area contributed by atoms with Crippen LogP contribution in [0.3, 0.4) is 0 Å². The molecule has 1 fully saturated rings. The first-order valence-electron chi connectivity index (χ1n) is 10.5. The molecule has 0 saturated carbocycles. The lowest BCUT2D eigenvalue weighted by molar-refractivity contribution is 0.283. The van der Waals surface area contributed by atoms with Crippen LogP contribution in [0, 0.1) is 13.8 Å². The van der Waals surface area contributed by atoms with Crippen LogP contribution in [0.25, 0.3) is 6.08 Å². The Balaban J connectivity index is 1.34. The van der Waals surface area contributed by atoms with Crippen LogP contribution in [-0.4, -0.2) is 47.6 Å². The number of nitrogens with one attached hydrogen (secondary N) is 1. The number of benzene rings is 2. The fourth-order valence-electron chi connectivity index (χ4n) is 3.74. The van der Waals surface area contributed by atoms with Crippen LogP contribution in [0.2, 0.25) is 0 Å². The van der Waals surface area contributed by atoms with Gasteiger partial charge in [0.05, 0.1) is 0 Å². The van der Waals surface area contributed by atoms with E-state index in [2.05, 4.69) is 88.6 Å². The van der Waals surface area contributed by atoms with E-state index in [1.165, 1.54) is 16.7 Å². The van der Waals surface area contributed by atoms with Crippen LogP contribution in [0.15, 0.2) is 66.9 Å². The molecule has 0 radical (unpaired) electrons. The maximum atomic E-state index is 4.77. The maximum Gasteiger partial charge on any atom is 0.227 e. The lowest BCUT2D eigenvalue weighted by Crippen LogP contribution is -2.47. The summed E-state index contributed by atoms with van der Waals surface area (Å²) in [5, 5.41) is 3.47. The van der Waals surface area contributed by atoms with Crippen LogP contribution in [0.4, 0.5) is 17.5 Å². The van der Waals surface area contributed by atoms with E-state index in [0.717, 1.165) is 50.2 Å². The molecule has 3 aromatic rings. The number of aromatic nitrogens is 2. The van der Waals surface area contributed by atoms with Gasteiger partial charge in [0.15, 0.2) is 0 Å². The van der Waals surface area contributed by atoms with Gasteiger partial charge in [-0.15, -0.1) is 0 Å². The molecule has 0 atom stereocenters. The van der Waals surface area contributed by atoms with E-state index in [1.54, 1.807) is 0 Å². The summed E-state index contributed by atoms with van der Waals surface area (Å²) in [6, 6.07) is 18.7. The zero-order chi connectivity index (χ0) is 20.8. The number of aryl methyl sites for hydroxylation is 2. The van der Waals surface area contributed by atoms with Gasteiger partial charge in [0.25, 0.3) is 0 Å². The molecule has 0 amide bonds. The van der Waals surface area contributed by atoms with E-state index in [-0.39, 0.29) is 0 Å². The quantitative estimate of drug-likeness (QED) is 0.652. The van der Waals surface area contributed by atoms with E-state index in [4.69, 9.17) is 4.98 Å². The van der Waals surface area contributed by atoms with Crippen molar-refractivity contribution in [2.24, 2.45) is 0 Å². The summed E-state index contributed by atoms with van der Waals surface area (Å²) < 4.78 is 0. The summed E-state index contributed by atoms with van der Waals surface area (Å²) >= 11 is 0. The van der Waals surface area contributed by atoms with Gasteiger partial charge < -0.3 is 10.2 Å². The Kier molecular flexibility index (Phi) is 6.40. The highest BCUT2D eigenvalue weighted by atomic mass is 15.3. The van der Waals surface area contributed by atoms with E-state index in [1.807, 2.05) is 18.3 Å². The lowest BCUT2D eigenvalue weighted by Gasteiger charge is -2.34. The zero-order valence-corrected chi connectivity index (χ0v) is 17.8. The fraction of sp³-hybridized carbons (Fsp3) is 0.280. The van der Waals surface area contributed by atoms with Crippen molar-refractivity contribution < 1.29 is 0 Å². The first-order chi connectivity index (χ1) is 14.7. The standard InChI is InChI=1S/C25H29N5/c1-20-8-6-9-21(2)24(20)27-23-13-14-26-25(28-23)30-18-16-29(17-19-30)15-7-12-22-10-4-3-5-11-22/h3-14H,15-19H2,1-2H3,(H,26,27,28)/b12-7+. The van der Waals surface area contributed by atoms with Crippen LogP contribution >= 0.6 is 0 Å². The largest absolute Gasteiger partial charge is 0.340 e. The van der Waals surface area contributed by atoms with Crippen molar-refractivity contribution in [3.8, 4) is 0 Å². The van der Waals surface area contributed by atoms with Crippen molar-refractivity contribution in [1.29, 1.82) is 0 Å². The summed E-state index contributed by atoms with van der Waals surface area (Å²) in [5.41, 5.74) is 4.80. The molecule has 5 heteroatoms. The third kappa shape index (κ3) is 5.05. The van der Waals surface area contributed by atoms with Gasteiger partial charge in [-0.1, -0.05) is 60.7 Å². The second-order valence-electron chi connectivity index (χ2n) is 7.73. The van der Waals surface area contributed by atoms with Gasteiger partial charge in [-0.2, -0.15) is 4.98 Å². The molecule has 30 heavy (non-hydrogen) atoms. The van der Waals surface area contributed by atoms with Gasteiger partial charge in [-0.3, -0.25) is 4.90 Å². The van der Waals surface area contributed by atoms with Crippen LogP contribution < -0.4 is 10.2 Å². The second-order valence-corrected chi connectivity index (χ2v) is 7.73. The van der Waals surface area contributed by atoms with Crippen LogP contribution in [0.5, 0.6) is 0 Å². The Morgan fingerprint density at radius 2 is 1.63 bits per heavy atom. The number of hydrogen-bond acceptors (Lipinski definition) is 5. The number of para-hydroxylation sites is 1. The van der Waals surface area contributed by atoms with E-state index < -0.39 is 0 Å². The van der Waals surface area contributed by atoms with Gasteiger partial charge in [0.2, 0.25) is 5.95 Å². The molecule has 2 heterocycles. The SMILES string of the molecule is Cc1cccc(C)c1Nc1ccnc(N2CCN(C/C=C/c3ccccc3)CC2)n1. The number of rotatable bonds is 6. The van der Waals surface area contributed by atoms with Gasteiger partial charge in [-0.25, -0.2) is 4.98 Å². The molecule has 1 aliphatic rings. The molecule has 154 valence electrons. The molecule has 1 aliphatic heterocycles. The number of nitrogens with zero attached hydrogens (tertiary/aromatic N) is 4. The molecule has 0 aliphatic carbocycles. The smallest absolute Gasteiger partial charge is 0.227 e. The summed E-state index contributed by atoms with van der Waals surface area (Å²) in [4.78, 5) is 14.0. The summed E-state index contributed by atoms with van der Waals surface area (Å²) in [7, 11) is 0. The summed E-state index contributed by atoms with van der Waals surface area (Å²) in [6.45, 7) is 9.09. The molecular formula is C25H29N5. The predicted molar refractivity (Wildman–Crippen MR) is 125 cm³/mol. The average molecular weight is 400 g/mol. The Labute approximate surface area is 179 Å². The average Bonchev–Trinajstić information content (AvgIpc) is 2.78. The van der Waals surface area contributed by atoms with Crippen molar-refractivity contribution in [3.63, 3.8) is 0 Å². The van der Waals surface area contributed by atoms with Gasteiger partial charge in [-0.05, 0) is 36.6 Å². The van der Waals surface area contributed by atoms with Gasteiger partial charge in [0, 0.05) is 44.6 Å². The first-order valence-corrected chi connectivity index (χ1v) is 10.5. The highest BCUT2D eigenvalue weighted by Gasteiger charge is 2.18. The topological polar surface area (TPSA) is 44.3 Å². The van der Waals surface area contributed by atoms with Crippen LogP contribution in [0.1, 0.15) is 16.7 Å². The highest BCUT2D eigenvalue weighted by Crippen LogP contribution is 2.24. The monoisotopic (exact) mass is 399 g/mol. The lowest BCUT2D eigenvalue weighted by atomic mass is 10.1. The van der Waals surface area contributed by atoms with Crippen molar-refractivity contribution >= 4 is 23.5 Å². The molecule has 4 rings (SSSR count).